The minimum absolute atomic E-state index is 0.0501. The third-order valence-corrected chi connectivity index (χ3v) is 4.18. The van der Waals surface area contributed by atoms with Crippen molar-refractivity contribution in [2.24, 2.45) is 0 Å². The van der Waals surface area contributed by atoms with Crippen LogP contribution >= 0.6 is 0 Å². The molecule has 1 N–H and O–H groups in total. The number of hydrogen-bond acceptors (Lipinski definition) is 3. The number of fused-ring (bicyclic) bond motifs is 3. The van der Waals surface area contributed by atoms with E-state index in [9.17, 15) is 9.59 Å². The monoisotopic (exact) mass is 339 g/mol. The summed E-state index contributed by atoms with van der Waals surface area (Å²) in [6.45, 7) is 1.47. The molecule has 0 aliphatic rings. The molecular weight excluding hydrogens is 316 g/mol. The number of hydrogen-bond donors (Lipinski definition) is 1. The van der Waals surface area contributed by atoms with Crippen molar-refractivity contribution in [1.82, 2.24) is 5.32 Å². The summed E-state index contributed by atoms with van der Waals surface area (Å²) in [5.74, 6) is -0.384. The number of rotatable bonds is 5. The van der Waals surface area contributed by atoms with Crippen molar-refractivity contribution < 1.29 is 13.7 Å². The van der Waals surface area contributed by atoms with Crippen LogP contribution in [0.5, 0.6) is 0 Å². The molecule has 5 heteroatoms. The predicted octanol–water partition coefficient (Wildman–Crippen LogP) is 2.77. The van der Waals surface area contributed by atoms with Gasteiger partial charge in [-0.15, -0.1) is 0 Å². The van der Waals surface area contributed by atoms with E-state index in [0.29, 0.717) is 12.1 Å². The molecular formula is C20H23N2O3+. The van der Waals surface area contributed by atoms with Gasteiger partial charge < -0.3 is 14.2 Å². The fourth-order valence-electron chi connectivity index (χ4n) is 2.88. The Morgan fingerprint density at radius 2 is 1.84 bits per heavy atom. The average Bonchev–Trinajstić information content (AvgIpc) is 2.57. The van der Waals surface area contributed by atoms with E-state index in [1.807, 2.05) is 30.3 Å². The SMILES string of the molecule is C[N+](C)(C)CCCNC(=O)c1cc2c(ccc3ccccc32)oc1=O. The molecule has 1 heterocycles. The summed E-state index contributed by atoms with van der Waals surface area (Å²) in [5, 5.41) is 5.59. The number of nitrogens with zero attached hydrogens (tertiary/aromatic N) is 1. The lowest BCUT2D eigenvalue weighted by atomic mass is 10.0. The molecule has 0 saturated heterocycles. The lowest BCUT2D eigenvalue weighted by Gasteiger charge is -2.23. The highest BCUT2D eigenvalue weighted by molar-refractivity contribution is 6.07. The van der Waals surface area contributed by atoms with Gasteiger partial charge in [0, 0.05) is 18.4 Å². The van der Waals surface area contributed by atoms with Gasteiger partial charge in [-0.05, 0) is 22.9 Å². The zero-order valence-electron chi connectivity index (χ0n) is 14.8. The Kier molecular flexibility index (Phi) is 4.59. The van der Waals surface area contributed by atoms with Crippen LogP contribution in [0.3, 0.4) is 0 Å². The molecule has 0 atom stereocenters. The number of nitrogens with one attached hydrogen (secondary N) is 1. The van der Waals surface area contributed by atoms with Gasteiger partial charge in [0.1, 0.15) is 11.1 Å². The largest absolute Gasteiger partial charge is 0.422 e. The van der Waals surface area contributed by atoms with Crippen LogP contribution in [0.2, 0.25) is 0 Å². The first-order chi connectivity index (χ1) is 11.8. The van der Waals surface area contributed by atoms with Crippen molar-refractivity contribution in [3.05, 3.63) is 58.4 Å². The maximum atomic E-state index is 12.4. The molecule has 0 unspecified atom stereocenters. The number of carbonyl (C=O) groups excluding carboxylic acids is 1. The van der Waals surface area contributed by atoms with E-state index in [0.717, 1.165) is 33.6 Å². The Bertz CT molecular complexity index is 984. The normalized spacial score (nSPS) is 11.8. The number of benzene rings is 2. The van der Waals surface area contributed by atoms with Crippen LogP contribution in [-0.2, 0) is 0 Å². The molecule has 0 bridgehead atoms. The molecule has 3 rings (SSSR count). The Hall–Kier alpha value is -2.66. The molecule has 5 nitrogen and oxygen atoms in total. The van der Waals surface area contributed by atoms with Crippen LogP contribution in [0, 0.1) is 0 Å². The lowest BCUT2D eigenvalue weighted by molar-refractivity contribution is -0.870. The first-order valence-corrected chi connectivity index (χ1v) is 8.39. The van der Waals surface area contributed by atoms with Crippen LogP contribution in [0.15, 0.2) is 51.7 Å². The van der Waals surface area contributed by atoms with Crippen molar-refractivity contribution in [2.45, 2.75) is 6.42 Å². The van der Waals surface area contributed by atoms with Gasteiger partial charge in [0.05, 0.1) is 27.7 Å². The molecule has 1 aromatic heterocycles. The molecule has 0 aliphatic carbocycles. The smallest absolute Gasteiger partial charge is 0.349 e. The van der Waals surface area contributed by atoms with Crippen LogP contribution in [0.25, 0.3) is 21.7 Å². The van der Waals surface area contributed by atoms with E-state index in [1.54, 1.807) is 12.1 Å². The van der Waals surface area contributed by atoms with Crippen molar-refractivity contribution in [3.8, 4) is 0 Å². The molecule has 0 radical (unpaired) electrons. The van der Waals surface area contributed by atoms with Gasteiger partial charge in [-0.2, -0.15) is 0 Å². The molecule has 130 valence electrons. The molecule has 0 aliphatic heterocycles. The van der Waals surface area contributed by atoms with Gasteiger partial charge in [0.2, 0.25) is 0 Å². The summed E-state index contributed by atoms with van der Waals surface area (Å²) in [6, 6.07) is 13.1. The van der Waals surface area contributed by atoms with Gasteiger partial charge in [-0.3, -0.25) is 4.79 Å². The predicted molar refractivity (Wildman–Crippen MR) is 99.8 cm³/mol. The van der Waals surface area contributed by atoms with Crippen molar-refractivity contribution >= 4 is 27.6 Å². The molecule has 25 heavy (non-hydrogen) atoms. The van der Waals surface area contributed by atoms with Gasteiger partial charge in [0.15, 0.2) is 0 Å². The first-order valence-electron chi connectivity index (χ1n) is 8.39. The second kappa shape index (κ2) is 6.69. The average molecular weight is 339 g/mol. The molecule has 0 spiro atoms. The standard InChI is InChI=1S/C20H22N2O3/c1-22(2,3)12-6-11-21-19(23)17-13-16-15-8-5-4-7-14(15)9-10-18(16)25-20(17)24/h4-5,7-10,13H,6,11-12H2,1-3H3/p+1. The summed E-state index contributed by atoms with van der Waals surface area (Å²) in [5.41, 5.74) is -0.0636. The van der Waals surface area contributed by atoms with Crippen LogP contribution in [0.4, 0.5) is 0 Å². The van der Waals surface area contributed by atoms with E-state index in [1.165, 1.54) is 0 Å². The maximum Gasteiger partial charge on any atom is 0.349 e. The summed E-state index contributed by atoms with van der Waals surface area (Å²) in [7, 11) is 6.31. The third kappa shape index (κ3) is 3.88. The summed E-state index contributed by atoms with van der Waals surface area (Å²) in [6.07, 6.45) is 0.844. The molecule has 1 amide bonds. The minimum Gasteiger partial charge on any atom is -0.422 e. The summed E-state index contributed by atoms with van der Waals surface area (Å²) in [4.78, 5) is 24.6. The quantitative estimate of drug-likeness (QED) is 0.336. The van der Waals surface area contributed by atoms with Crippen LogP contribution < -0.4 is 10.9 Å². The molecule has 0 fully saturated rings. The van der Waals surface area contributed by atoms with Gasteiger partial charge in [-0.25, -0.2) is 4.79 Å². The highest BCUT2D eigenvalue weighted by Gasteiger charge is 2.15. The first kappa shape index (κ1) is 17.2. The number of carbonyl (C=O) groups is 1. The minimum atomic E-state index is -0.605. The Morgan fingerprint density at radius 3 is 2.60 bits per heavy atom. The van der Waals surface area contributed by atoms with Gasteiger partial charge in [-0.1, -0.05) is 30.3 Å². The van der Waals surface area contributed by atoms with E-state index in [2.05, 4.69) is 26.5 Å². The number of quaternary nitrogens is 1. The van der Waals surface area contributed by atoms with E-state index in [4.69, 9.17) is 4.42 Å². The van der Waals surface area contributed by atoms with E-state index < -0.39 is 5.63 Å². The maximum absolute atomic E-state index is 12.4. The zero-order valence-corrected chi connectivity index (χ0v) is 14.8. The fourth-order valence-corrected chi connectivity index (χ4v) is 2.88. The zero-order chi connectivity index (χ0) is 18.0. The highest BCUT2D eigenvalue weighted by atomic mass is 16.4. The number of amides is 1. The third-order valence-electron chi connectivity index (χ3n) is 4.18. The van der Waals surface area contributed by atoms with E-state index >= 15 is 0 Å². The van der Waals surface area contributed by atoms with Crippen molar-refractivity contribution in [2.75, 3.05) is 34.2 Å². The Balaban J connectivity index is 1.88. The van der Waals surface area contributed by atoms with Crippen molar-refractivity contribution in [3.63, 3.8) is 0 Å². The highest BCUT2D eigenvalue weighted by Crippen LogP contribution is 2.24. The molecule has 3 aromatic rings. The van der Waals surface area contributed by atoms with Crippen LogP contribution in [-0.4, -0.2) is 44.6 Å². The lowest BCUT2D eigenvalue weighted by Crippen LogP contribution is -2.37. The Labute approximate surface area is 146 Å². The second-order valence-electron chi connectivity index (χ2n) is 7.27. The molecule has 2 aromatic carbocycles. The summed E-state index contributed by atoms with van der Waals surface area (Å²) < 4.78 is 6.20. The molecule has 0 saturated carbocycles. The topological polar surface area (TPSA) is 59.3 Å². The van der Waals surface area contributed by atoms with E-state index in [-0.39, 0.29) is 11.5 Å². The second-order valence-corrected chi connectivity index (χ2v) is 7.27. The summed E-state index contributed by atoms with van der Waals surface area (Å²) >= 11 is 0. The van der Waals surface area contributed by atoms with Gasteiger partial charge >= 0.3 is 5.63 Å². The fraction of sp³-hybridized carbons (Fsp3) is 0.300. The van der Waals surface area contributed by atoms with Crippen LogP contribution in [0.1, 0.15) is 16.8 Å². The van der Waals surface area contributed by atoms with Gasteiger partial charge in [0.25, 0.3) is 5.91 Å². The van der Waals surface area contributed by atoms with Crippen molar-refractivity contribution in [1.29, 1.82) is 0 Å². The Morgan fingerprint density at radius 1 is 1.08 bits per heavy atom.